The van der Waals surface area contributed by atoms with Gasteiger partial charge >= 0.3 is 6.09 Å². The van der Waals surface area contributed by atoms with Gasteiger partial charge in [0.15, 0.2) is 11.5 Å². The van der Waals surface area contributed by atoms with E-state index in [0.717, 1.165) is 18.5 Å². The molecule has 1 atom stereocenters. The summed E-state index contributed by atoms with van der Waals surface area (Å²) in [5.41, 5.74) is 1.64. The molecule has 0 saturated heterocycles. The summed E-state index contributed by atoms with van der Waals surface area (Å²) in [6.45, 7) is 3.34. The molecule has 0 aliphatic rings. The fraction of sp³-hybridized carbons (Fsp3) is 0.316. The Kier molecular flexibility index (Phi) is 7.12. The van der Waals surface area contributed by atoms with Crippen molar-refractivity contribution in [2.24, 2.45) is 7.05 Å². The van der Waals surface area contributed by atoms with Crippen LogP contribution in [0.15, 0.2) is 24.4 Å². The third-order valence-corrected chi connectivity index (χ3v) is 5.36. The maximum atomic E-state index is 13.5. The first-order valence-electron chi connectivity index (χ1n) is 9.64. The number of halogens is 2. The lowest BCUT2D eigenvalue weighted by molar-refractivity contribution is 0.120. The van der Waals surface area contributed by atoms with Crippen molar-refractivity contribution in [3.05, 3.63) is 46.6 Å². The van der Waals surface area contributed by atoms with Crippen molar-refractivity contribution in [3.63, 3.8) is 0 Å². The van der Waals surface area contributed by atoms with Crippen molar-refractivity contribution in [1.82, 2.24) is 25.0 Å². The number of anilines is 2. The molecule has 0 bridgehead atoms. The molecule has 0 aliphatic heterocycles. The maximum absolute atomic E-state index is 13.5. The molecule has 0 radical (unpaired) electrons. The molecule has 3 heterocycles. The maximum Gasteiger partial charge on any atom is 0.413 e. The quantitative estimate of drug-likeness (QED) is 0.473. The van der Waals surface area contributed by atoms with E-state index in [4.69, 9.17) is 16.3 Å². The Balaban J connectivity index is 1.84. The number of nitrogens with one attached hydrogen (secondary N) is 2. The second kappa shape index (κ2) is 9.67. The van der Waals surface area contributed by atoms with Gasteiger partial charge in [-0.05, 0) is 31.5 Å². The van der Waals surface area contributed by atoms with Crippen molar-refractivity contribution < 1.29 is 22.3 Å². The SMILES string of the molecule is CCc1nc(-c2nnn(C)c2NC(=O)O[C@H](C)c2cc(F)cnc2Cl)ccc1NS(C)(=O)=O. The van der Waals surface area contributed by atoms with Gasteiger partial charge in [-0.15, -0.1) is 5.10 Å². The number of aryl methyl sites for hydroxylation is 2. The lowest BCUT2D eigenvalue weighted by Crippen LogP contribution is -2.19. The number of nitrogens with zero attached hydrogens (tertiary/aromatic N) is 5. The van der Waals surface area contributed by atoms with Gasteiger partial charge in [-0.2, -0.15) is 0 Å². The molecule has 2 N–H and O–H groups in total. The summed E-state index contributed by atoms with van der Waals surface area (Å²) in [4.78, 5) is 20.7. The highest BCUT2D eigenvalue weighted by Gasteiger charge is 2.21. The van der Waals surface area contributed by atoms with Gasteiger partial charge in [0.2, 0.25) is 10.0 Å². The predicted octanol–water partition coefficient (Wildman–Crippen LogP) is 3.31. The molecule has 0 saturated carbocycles. The zero-order valence-corrected chi connectivity index (χ0v) is 19.7. The topological polar surface area (TPSA) is 141 Å². The second-order valence-corrected chi connectivity index (χ2v) is 9.14. The minimum absolute atomic E-state index is 0.0127. The molecule has 0 fully saturated rings. The highest BCUT2D eigenvalue weighted by Crippen LogP contribution is 2.28. The molecule has 33 heavy (non-hydrogen) atoms. The van der Waals surface area contributed by atoms with Gasteiger partial charge in [-0.1, -0.05) is 23.7 Å². The van der Waals surface area contributed by atoms with Crippen LogP contribution in [0, 0.1) is 5.82 Å². The molecule has 3 aromatic heterocycles. The van der Waals surface area contributed by atoms with E-state index in [1.807, 2.05) is 6.92 Å². The zero-order valence-electron chi connectivity index (χ0n) is 18.1. The van der Waals surface area contributed by atoms with E-state index < -0.39 is 28.0 Å². The molecule has 0 aromatic carbocycles. The minimum Gasteiger partial charge on any atom is -0.441 e. The van der Waals surface area contributed by atoms with Crippen LogP contribution in [-0.2, 0) is 28.2 Å². The van der Waals surface area contributed by atoms with Crippen LogP contribution in [0.5, 0.6) is 0 Å². The Morgan fingerprint density at radius 2 is 2.09 bits per heavy atom. The van der Waals surface area contributed by atoms with Gasteiger partial charge in [0.1, 0.15) is 17.1 Å². The van der Waals surface area contributed by atoms with Gasteiger partial charge in [0.05, 0.1) is 29.5 Å². The highest BCUT2D eigenvalue weighted by atomic mass is 35.5. The van der Waals surface area contributed by atoms with Crippen molar-refractivity contribution in [2.45, 2.75) is 26.4 Å². The van der Waals surface area contributed by atoms with Crippen LogP contribution >= 0.6 is 11.6 Å². The van der Waals surface area contributed by atoms with Crippen LogP contribution < -0.4 is 10.0 Å². The molecule has 3 rings (SSSR count). The van der Waals surface area contributed by atoms with Crippen LogP contribution in [0.3, 0.4) is 0 Å². The van der Waals surface area contributed by atoms with Crippen LogP contribution in [-0.4, -0.2) is 45.7 Å². The number of carbonyl (C=O) groups is 1. The van der Waals surface area contributed by atoms with Crippen molar-refractivity contribution in [3.8, 4) is 11.4 Å². The number of pyridine rings is 2. The summed E-state index contributed by atoms with van der Waals surface area (Å²) < 4.78 is 45.7. The average Bonchev–Trinajstić information content (AvgIpc) is 3.09. The third kappa shape index (κ3) is 5.93. The monoisotopic (exact) mass is 497 g/mol. The van der Waals surface area contributed by atoms with Gasteiger partial charge in [0.25, 0.3) is 0 Å². The second-order valence-electron chi connectivity index (χ2n) is 7.03. The number of hydrogen-bond acceptors (Lipinski definition) is 8. The third-order valence-electron chi connectivity index (χ3n) is 4.45. The van der Waals surface area contributed by atoms with E-state index >= 15 is 0 Å². The van der Waals surface area contributed by atoms with Crippen molar-refractivity contribution in [1.29, 1.82) is 0 Å². The van der Waals surface area contributed by atoms with Gasteiger partial charge in [0, 0.05) is 12.6 Å². The first kappa shape index (κ1) is 24.3. The van der Waals surface area contributed by atoms with E-state index in [0.29, 0.717) is 23.5 Å². The predicted molar refractivity (Wildman–Crippen MR) is 120 cm³/mol. The molecule has 3 aromatic rings. The molecular formula is C19H21ClFN7O4S. The van der Waals surface area contributed by atoms with Gasteiger partial charge < -0.3 is 4.74 Å². The summed E-state index contributed by atoms with van der Waals surface area (Å²) in [7, 11) is -1.92. The number of hydrogen-bond donors (Lipinski definition) is 2. The average molecular weight is 498 g/mol. The number of rotatable bonds is 7. The highest BCUT2D eigenvalue weighted by molar-refractivity contribution is 7.92. The largest absolute Gasteiger partial charge is 0.441 e. The van der Waals surface area contributed by atoms with Gasteiger partial charge in [-0.3, -0.25) is 10.0 Å². The molecule has 11 nitrogen and oxygen atoms in total. The fourth-order valence-corrected chi connectivity index (χ4v) is 3.78. The molecule has 14 heteroatoms. The molecule has 0 unspecified atom stereocenters. The van der Waals surface area contributed by atoms with E-state index in [2.05, 4.69) is 30.3 Å². The van der Waals surface area contributed by atoms with E-state index in [1.165, 1.54) is 11.6 Å². The first-order valence-corrected chi connectivity index (χ1v) is 11.9. The minimum atomic E-state index is -3.48. The zero-order chi connectivity index (χ0) is 24.3. The fourth-order valence-electron chi connectivity index (χ4n) is 2.94. The summed E-state index contributed by atoms with van der Waals surface area (Å²) in [6, 6.07) is 4.24. The number of aromatic nitrogens is 5. The van der Waals surface area contributed by atoms with Gasteiger partial charge in [-0.25, -0.2) is 32.3 Å². The molecule has 176 valence electrons. The van der Waals surface area contributed by atoms with E-state index in [9.17, 15) is 17.6 Å². The molecular weight excluding hydrogens is 477 g/mol. The van der Waals surface area contributed by atoms with Crippen LogP contribution in [0.4, 0.5) is 20.7 Å². The Morgan fingerprint density at radius 1 is 1.36 bits per heavy atom. The molecule has 0 aliphatic carbocycles. The summed E-state index contributed by atoms with van der Waals surface area (Å²) >= 11 is 5.96. The molecule has 0 spiro atoms. The summed E-state index contributed by atoms with van der Waals surface area (Å²) in [5.74, 6) is -0.427. The summed E-state index contributed by atoms with van der Waals surface area (Å²) in [5, 5.41) is 10.5. The Labute approximate surface area is 194 Å². The Bertz CT molecular complexity index is 1300. The van der Waals surface area contributed by atoms with Crippen LogP contribution in [0.25, 0.3) is 11.4 Å². The Hall–Kier alpha value is -3.32. The number of ether oxygens (including phenoxy) is 1. The van der Waals surface area contributed by atoms with Crippen molar-refractivity contribution >= 4 is 39.2 Å². The van der Waals surface area contributed by atoms with E-state index in [-0.39, 0.29) is 22.2 Å². The lowest BCUT2D eigenvalue weighted by atomic mass is 10.2. The summed E-state index contributed by atoms with van der Waals surface area (Å²) in [6.07, 6.45) is 0.694. The first-order chi connectivity index (χ1) is 15.5. The lowest BCUT2D eigenvalue weighted by Gasteiger charge is -2.15. The number of amides is 1. The standard InChI is InChI=1S/C19H21ClFN7O4S/c1-5-13-14(26-33(4,30)31)6-7-15(23-13)16-18(28(3)27-25-16)24-19(29)32-10(2)12-8-11(21)9-22-17(12)20/h6-10,26H,5H2,1-4H3,(H,24,29)/t10-/m1/s1. The number of sulfonamides is 1. The normalized spacial score (nSPS) is 12.3. The number of carbonyl (C=O) groups excluding carboxylic acids is 1. The van der Waals surface area contributed by atoms with Crippen molar-refractivity contribution in [2.75, 3.05) is 16.3 Å². The smallest absolute Gasteiger partial charge is 0.413 e. The van der Waals surface area contributed by atoms with E-state index in [1.54, 1.807) is 19.2 Å². The van der Waals surface area contributed by atoms with Crippen LogP contribution in [0.1, 0.15) is 31.2 Å². The Morgan fingerprint density at radius 3 is 2.76 bits per heavy atom. The van der Waals surface area contributed by atoms with Crippen LogP contribution in [0.2, 0.25) is 5.15 Å². The molecule has 1 amide bonds.